The number of aromatic amines is 1. The van der Waals surface area contributed by atoms with E-state index in [2.05, 4.69) is 15.3 Å². The van der Waals surface area contributed by atoms with Crippen LogP contribution in [0.4, 0.5) is 5.69 Å². The quantitative estimate of drug-likeness (QED) is 0.651. The SMILES string of the molecule is COc1ccccc1NC(=O)C(C)Sc1nccc(=O)[nH]1. The Kier molecular flexibility index (Phi) is 4.99. The summed E-state index contributed by atoms with van der Waals surface area (Å²) in [6.45, 7) is 1.74. The van der Waals surface area contributed by atoms with E-state index >= 15 is 0 Å². The number of aromatic nitrogens is 2. The Balaban J connectivity index is 2.04. The van der Waals surface area contributed by atoms with Gasteiger partial charge in [-0.1, -0.05) is 23.9 Å². The molecule has 21 heavy (non-hydrogen) atoms. The van der Waals surface area contributed by atoms with Crippen molar-refractivity contribution in [2.45, 2.75) is 17.3 Å². The lowest BCUT2D eigenvalue weighted by Crippen LogP contribution is -2.23. The predicted octanol–water partition coefficient (Wildman–Crippen LogP) is 1.90. The van der Waals surface area contributed by atoms with Gasteiger partial charge in [0.25, 0.3) is 5.56 Å². The van der Waals surface area contributed by atoms with Crippen molar-refractivity contribution >= 4 is 23.4 Å². The highest BCUT2D eigenvalue weighted by molar-refractivity contribution is 8.00. The maximum Gasteiger partial charge on any atom is 0.251 e. The van der Waals surface area contributed by atoms with Crippen LogP contribution in [0.1, 0.15) is 6.92 Å². The average Bonchev–Trinajstić information content (AvgIpc) is 2.47. The van der Waals surface area contributed by atoms with Gasteiger partial charge >= 0.3 is 0 Å². The van der Waals surface area contributed by atoms with Crippen molar-refractivity contribution in [2.24, 2.45) is 0 Å². The third-order valence-corrected chi connectivity index (χ3v) is 3.67. The summed E-state index contributed by atoms with van der Waals surface area (Å²) in [6, 6.07) is 8.49. The number of nitrogens with zero attached hydrogens (tertiary/aromatic N) is 1. The van der Waals surface area contributed by atoms with Gasteiger partial charge in [-0.05, 0) is 19.1 Å². The van der Waals surface area contributed by atoms with Crippen molar-refractivity contribution in [1.82, 2.24) is 9.97 Å². The van der Waals surface area contributed by atoms with Gasteiger partial charge in [-0.25, -0.2) is 4.98 Å². The van der Waals surface area contributed by atoms with Gasteiger partial charge in [-0.2, -0.15) is 0 Å². The summed E-state index contributed by atoms with van der Waals surface area (Å²) < 4.78 is 5.18. The fourth-order valence-electron chi connectivity index (χ4n) is 1.62. The van der Waals surface area contributed by atoms with Gasteiger partial charge in [0, 0.05) is 12.3 Å². The first-order chi connectivity index (χ1) is 10.1. The van der Waals surface area contributed by atoms with Crippen LogP contribution < -0.4 is 15.6 Å². The average molecular weight is 305 g/mol. The summed E-state index contributed by atoms with van der Waals surface area (Å²) in [6.07, 6.45) is 1.41. The van der Waals surface area contributed by atoms with Crippen molar-refractivity contribution in [3.63, 3.8) is 0 Å². The van der Waals surface area contributed by atoms with E-state index in [1.54, 1.807) is 26.2 Å². The summed E-state index contributed by atoms with van der Waals surface area (Å²) in [5.41, 5.74) is 0.358. The monoisotopic (exact) mass is 305 g/mol. The van der Waals surface area contributed by atoms with Gasteiger partial charge in [0.1, 0.15) is 5.75 Å². The molecule has 1 amide bonds. The molecule has 1 unspecified atom stereocenters. The molecule has 0 spiro atoms. The van der Waals surface area contributed by atoms with Crippen molar-refractivity contribution in [3.8, 4) is 5.75 Å². The molecule has 2 N–H and O–H groups in total. The van der Waals surface area contributed by atoms with Gasteiger partial charge in [-0.15, -0.1) is 0 Å². The second kappa shape index (κ2) is 6.94. The van der Waals surface area contributed by atoms with Crippen LogP contribution in [0.25, 0.3) is 0 Å². The fraction of sp³-hybridized carbons (Fsp3) is 0.214. The molecular formula is C14H15N3O3S. The normalized spacial score (nSPS) is 11.7. The number of carbonyl (C=O) groups excluding carboxylic acids is 1. The molecule has 2 rings (SSSR count). The number of H-pyrrole nitrogens is 1. The molecule has 2 aromatic rings. The van der Waals surface area contributed by atoms with Gasteiger partial charge in [-0.3, -0.25) is 9.59 Å². The molecule has 6 nitrogen and oxygen atoms in total. The Hall–Kier alpha value is -2.28. The molecule has 0 radical (unpaired) electrons. The van der Waals surface area contributed by atoms with Crippen LogP contribution in [0.2, 0.25) is 0 Å². The van der Waals surface area contributed by atoms with E-state index in [4.69, 9.17) is 4.74 Å². The topological polar surface area (TPSA) is 84.1 Å². The van der Waals surface area contributed by atoms with Crippen molar-refractivity contribution in [3.05, 3.63) is 46.9 Å². The van der Waals surface area contributed by atoms with E-state index in [0.717, 1.165) is 0 Å². The molecule has 0 aliphatic heterocycles. The second-order valence-corrected chi connectivity index (χ2v) is 5.52. The van der Waals surface area contributed by atoms with Crippen LogP contribution in [0.15, 0.2) is 46.5 Å². The number of para-hydroxylation sites is 2. The molecule has 1 aromatic carbocycles. The minimum Gasteiger partial charge on any atom is -0.495 e. The second-order valence-electron chi connectivity index (χ2n) is 4.19. The Morgan fingerprint density at radius 2 is 2.14 bits per heavy atom. The minimum atomic E-state index is -0.416. The first-order valence-corrected chi connectivity index (χ1v) is 7.14. The largest absolute Gasteiger partial charge is 0.495 e. The van der Waals surface area contributed by atoms with Gasteiger partial charge in [0.2, 0.25) is 5.91 Å². The van der Waals surface area contributed by atoms with Crippen LogP contribution in [0.3, 0.4) is 0 Å². The first kappa shape index (κ1) is 15.1. The molecule has 0 fully saturated rings. The van der Waals surface area contributed by atoms with Crippen LogP contribution in [-0.4, -0.2) is 28.2 Å². The summed E-state index contributed by atoms with van der Waals surface area (Å²) in [7, 11) is 1.54. The zero-order valence-corrected chi connectivity index (χ0v) is 12.4. The van der Waals surface area contributed by atoms with E-state index in [1.165, 1.54) is 24.0 Å². The minimum absolute atomic E-state index is 0.198. The highest BCUT2D eigenvalue weighted by Gasteiger charge is 2.17. The Bertz CT molecular complexity index is 687. The molecule has 1 heterocycles. The van der Waals surface area contributed by atoms with E-state index in [0.29, 0.717) is 16.6 Å². The van der Waals surface area contributed by atoms with Crippen molar-refractivity contribution < 1.29 is 9.53 Å². The number of amides is 1. The predicted molar refractivity (Wildman–Crippen MR) is 81.8 cm³/mol. The number of methoxy groups -OCH3 is 1. The highest BCUT2D eigenvalue weighted by Crippen LogP contribution is 2.25. The molecule has 0 saturated heterocycles. The molecule has 110 valence electrons. The highest BCUT2D eigenvalue weighted by atomic mass is 32.2. The number of anilines is 1. The van der Waals surface area contributed by atoms with Crippen molar-refractivity contribution in [2.75, 3.05) is 12.4 Å². The van der Waals surface area contributed by atoms with Crippen LogP contribution in [0, 0.1) is 0 Å². The third-order valence-electron chi connectivity index (χ3n) is 2.67. The lowest BCUT2D eigenvalue weighted by atomic mass is 10.3. The number of nitrogens with one attached hydrogen (secondary N) is 2. The number of ether oxygens (including phenoxy) is 1. The summed E-state index contributed by atoms with van der Waals surface area (Å²) in [4.78, 5) is 29.9. The Labute approximate surface area is 125 Å². The Morgan fingerprint density at radius 3 is 2.86 bits per heavy atom. The molecule has 7 heteroatoms. The molecule has 1 atom stereocenters. The number of hydrogen-bond donors (Lipinski definition) is 2. The van der Waals surface area contributed by atoms with E-state index < -0.39 is 5.25 Å². The number of rotatable bonds is 5. The molecule has 1 aromatic heterocycles. The first-order valence-electron chi connectivity index (χ1n) is 6.26. The smallest absolute Gasteiger partial charge is 0.251 e. The third kappa shape index (κ3) is 4.09. The molecule has 0 bridgehead atoms. The lowest BCUT2D eigenvalue weighted by Gasteiger charge is -2.13. The van der Waals surface area contributed by atoms with E-state index in [1.807, 2.05) is 12.1 Å². The summed E-state index contributed by atoms with van der Waals surface area (Å²) in [5, 5.41) is 2.78. The number of thioether (sulfide) groups is 1. The number of hydrogen-bond acceptors (Lipinski definition) is 5. The maximum atomic E-state index is 12.2. The van der Waals surface area contributed by atoms with Gasteiger partial charge in [0.15, 0.2) is 5.16 Å². The van der Waals surface area contributed by atoms with Crippen molar-refractivity contribution in [1.29, 1.82) is 0 Å². The standard InChI is InChI=1S/C14H15N3O3S/c1-9(21-14-15-8-7-12(18)17-14)13(19)16-10-5-3-4-6-11(10)20-2/h3-9H,1-2H3,(H,16,19)(H,15,17,18). The fourth-order valence-corrected chi connectivity index (χ4v) is 2.40. The molecule has 0 saturated carbocycles. The lowest BCUT2D eigenvalue weighted by molar-refractivity contribution is -0.115. The van der Waals surface area contributed by atoms with Crippen LogP contribution in [0.5, 0.6) is 5.75 Å². The van der Waals surface area contributed by atoms with E-state index in [-0.39, 0.29) is 11.5 Å². The molecular weight excluding hydrogens is 290 g/mol. The molecule has 0 aliphatic rings. The zero-order chi connectivity index (χ0) is 15.2. The molecule has 0 aliphatic carbocycles. The van der Waals surface area contributed by atoms with E-state index in [9.17, 15) is 9.59 Å². The zero-order valence-electron chi connectivity index (χ0n) is 11.6. The van der Waals surface area contributed by atoms with Crippen LogP contribution >= 0.6 is 11.8 Å². The van der Waals surface area contributed by atoms with Gasteiger partial charge < -0.3 is 15.0 Å². The maximum absolute atomic E-state index is 12.2. The summed E-state index contributed by atoms with van der Waals surface area (Å²) in [5.74, 6) is 0.394. The van der Waals surface area contributed by atoms with Crippen LogP contribution in [-0.2, 0) is 4.79 Å². The number of benzene rings is 1. The Morgan fingerprint density at radius 1 is 1.38 bits per heavy atom. The summed E-state index contributed by atoms with van der Waals surface area (Å²) >= 11 is 1.18. The number of carbonyl (C=O) groups is 1. The van der Waals surface area contributed by atoms with Gasteiger partial charge in [0.05, 0.1) is 18.0 Å².